The van der Waals surface area contributed by atoms with Crippen molar-refractivity contribution in [2.45, 2.75) is 70.8 Å². The minimum Gasteiger partial charge on any atom is -0.381 e. The summed E-state index contributed by atoms with van der Waals surface area (Å²) in [6.07, 6.45) is 9.92. The lowest BCUT2D eigenvalue weighted by atomic mass is 9.90. The van der Waals surface area contributed by atoms with Crippen molar-refractivity contribution in [1.29, 1.82) is 5.26 Å². The standard InChI is InChI=1S/C16H30N2O/c1-3-18-16(2,14-17)11-7-8-12-19-13-15-9-5-4-6-10-15/h15,18H,3-13H2,1-2H3. The van der Waals surface area contributed by atoms with E-state index in [1.165, 1.54) is 32.1 Å². The van der Waals surface area contributed by atoms with Crippen molar-refractivity contribution >= 4 is 0 Å². The molecule has 0 radical (unpaired) electrons. The van der Waals surface area contributed by atoms with Gasteiger partial charge in [0, 0.05) is 13.2 Å². The largest absolute Gasteiger partial charge is 0.381 e. The van der Waals surface area contributed by atoms with Gasteiger partial charge in [0.05, 0.1) is 6.07 Å². The van der Waals surface area contributed by atoms with Crippen LogP contribution < -0.4 is 5.32 Å². The molecular formula is C16H30N2O. The first-order chi connectivity index (χ1) is 9.20. The fourth-order valence-electron chi connectivity index (χ4n) is 2.86. The third kappa shape index (κ3) is 6.94. The highest BCUT2D eigenvalue weighted by atomic mass is 16.5. The molecule has 0 heterocycles. The Bertz CT molecular complexity index is 268. The third-order valence-electron chi connectivity index (χ3n) is 4.11. The van der Waals surface area contributed by atoms with Gasteiger partial charge in [0.15, 0.2) is 0 Å². The molecule has 3 heteroatoms. The zero-order chi connectivity index (χ0) is 14.0. The summed E-state index contributed by atoms with van der Waals surface area (Å²) in [6.45, 7) is 6.68. The summed E-state index contributed by atoms with van der Waals surface area (Å²) >= 11 is 0. The monoisotopic (exact) mass is 266 g/mol. The summed E-state index contributed by atoms with van der Waals surface area (Å²) in [4.78, 5) is 0. The van der Waals surface area contributed by atoms with Crippen LogP contribution >= 0.6 is 0 Å². The molecule has 0 bridgehead atoms. The van der Waals surface area contributed by atoms with Gasteiger partial charge in [-0.25, -0.2) is 0 Å². The van der Waals surface area contributed by atoms with Crippen LogP contribution in [0.2, 0.25) is 0 Å². The van der Waals surface area contributed by atoms with E-state index in [0.717, 1.165) is 44.9 Å². The Labute approximate surface area is 118 Å². The molecule has 0 spiro atoms. The van der Waals surface area contributed by atoms with Crippen LogP contribution in [0.15, 0.2) is 0 Å². The molecule has 0 aromatic rings. The number of ether oxygens (including phenoxy) is 1. The zero-order valence-electron chi connectivity index (χ0n) is 12.7. The molecule has 3 nitrogen and oxygen atoms in total. The summed E-state index contributed by atoms with van der Waals surface area (Å²) < 4.78 is 5.78. The minimum atomic E-state index is -0.363. The van der Waals surface area contributed by atoms with Crippen molar-refractivity contribution in [2.75, 3.05) is 19.8 Å². The quantitative estimate of drug-likeness (QED) is 0.648. The van der Waals surface area contributed by atoms with Crippen molar-refractivity contribution in [2.24, 2.45) is 5.92 Å². The van der Waals surface area contributed by atoms with Gasteiger partial charge >= 0.3 is 0 Å². The van der Waals surface area contributed by atoms with Gasteiger partial charge in [-0.2, -0.15) is 5.26 Å². The van der Waals surface area contributed by atoms with Gasteiger partial charge in [0.2, 0.25) is 0 Å². The first-order valence-corrected chi connectivity index (χ1v) is 7.94. The summed E-state index contributed by atoms with van der Waals surface area (Å²) in [5.74, 6) is 0.805. The molecule has 1 aliphatic carbocycles. The molecular weight excluding hydrogens is 236 g/mol. The van der Waals surface area contributed by atoms with Crippen molar-refractivity contribution < 1.29 is 4.74 Å². The van der Waals surface area contributed by atoms with Crippen LogP contribution in [0.3, 0.4) is 0 Å². The Balaban J connectivity index is 2.00. The average molecular weight is 266 g/mol. The van der Waals surface area contributed by atoms with Crippen LogP contribution in [0.25, 0.3) is 0 Å². The summed E-state index contributed by atoms with van der Waals surface area (Å²) in [6, 6.07) is 2.37. The van der Waals surface area contributed by atoms with E-state index in [1.54, 1.807) is 0 Å². The van der Waals surface area contributed by atoms with Crippen molar-refractivity contribution in [1.82, 2.24) is 5.32 Å². The summed E-state index contributed by atoms with van der Waals surface area (Å²) in [5.41, 5.74) is -0.363. The Morgan fingerprint density at radius 3 is 2.63 bits per heavy atom. The van der Waals surface area contributed by atoms with Crippen LogP contribution in [0.4, 0.5) is 0 Å². The van der Waals surface area contributed by atoms with Crippen molar-refractivity contribution in [3.63, 3.8) is 0 Å². The Morgan fingerprint density at radius 2 is 2.00 bits per heavy atom. The predicted molar refractivity (Wildman–Crippen MR) is 78.9 cm³/mol. The molecule has 1 N–H and O–H groups in total. The lowest BCUT2D eigenvalue weighted by Crippen LogP contribution is -2.40. The number of nitrogens with zero attached hydrogens (tertiary/aromatic N) is 1. The Kier molecular flexibility index (Phi) is 8.09. The maximum absolute atomic E-state index is 9.15. The molecule has 1 atom stereocenters. The van der Waals surface area contributed by atoms with Crippen LogP contribution in [-0.2, 0) is 4.74 Å². The van der Waals surface area contributed by atoms with E-state index in [1.807, 2.05) is 13.8 Å². The molecule has 0 aliphatic heterocycles. The topological polar surface area (TPSA) is 45.0 Å². The molecule has 0 amide bonds. The highest BCUT2D eigenvalue weighted by Gasteiger charge is 2.21. The van der Waals surface area contributed by atoms with Crippen LogP contribution in [0, 0.1) is 17.2 Å². The van der Waals surface area contributed by atoms with E-state index in [0.29, 0.717) is 0 Å². The maximum atomic E-state index is 9.15. The highest BCUT2D eigenvalue weighted by Crippen LogP contribution is 2.23. The predicted octanol–water partition coefficient (Wildman–Crippen LogP) is 3.65. The molecule has 1 rings (SSSR count). The number of unbranched alkanes of at least 4 members (excludes halogenated alkanes) is 1. The van der Waals surface area contributed by atoms with E-state index in [4.69, 9.17) is 10.00 Å². The maximum Gasteiger partial charge on any atom is 0.103 e. The Hall–Kier alpha value is -0.590. The number of hydrogen-bond donors (Lipinski definition) is 1. The van der Waals surface area contributed by atoms with Gasteiger partial charge in [-0.3, -0.25) is 5.32 Å². The third-order valence-corrected chi connectivity index (χ3v) is 4.11. The molecule has 0 aromatic carbocycles. The summed E-state index contributed by atoms with van der Waals surface area (Å²) in [7, 11) is 0. The van der Waals surface area contributed by atoms with E-state index in [-0.39, 0.29) is 5.54 Å². The summed E-state index contributed by atoms with van der Waals surface area (Å²) in [5, 5.41) is 12.4. The minimum absolute atomic E-state index is 0.363. The fourth-order valence-corrected chi connectivity index (χ4v) is 2.86. The van der Waals surface area contributed by atoms with Gasteiger partial charge in [0.25, 0.3) is 0 Å². The van der Waals surface area contributed by atoms with Crippen molar-refractivity contribution in [3.05, 3.63) is 0 Å². The number of nitrogens with one attached hydrogen (secondary N) is 1. The number of hydrogen-bond acceptors (Lipinski definition) is 3. The van der Waals surface area contributed by atoms with Crippen LogP contribution in [0.5, 0.6) is 0 Å². The average Bonchev–Trinajstić information content (AvgIpc) is 2.44. The molecule has 0 saturated heterocycles. The molecule has 1 saturated carbocycles. The van der Waals surface area contributed by atoms with Crippen LogP contribution in [0.1, 0.15) is 65.2 Å². The van der Waals surface area contributed by atoms with E-state index in [2.05, 4.69) is 11.4 Å². The second-order valence-electron chi connectivity index (χ2n) is 6.01. The number of rotatable bonds is 9. The first-order valence-electron chi connectivity index (χ1n) is 7.94. The lowest BCUT2D eigenvalue weighted by Gasteiger charge is -2.23. The normalized spacial score (nSPS) is 19.8. The van der Waals surface area contributed by atoms with Gasteiger partial charge in [-0.15, -0.1) is 0 Å². The second kappa shape index (κ2) is 9.34. The van der Waals surface area contributed by atoms with Crippen LogP contribution in [-0.4, -0.2) is 25.3 Å². The SMILES string of the molecule is CCNC(C)(C#N)CCCCOCC1CCCCC1. The molecule has 110 valence electrons. The van der Waals surface area contributed by atoms with Gasteiger partial charge in [-0.05, 0) is 51.5 Å². The molecule has 19 heavy (non-hydrogen) atoms. The van der Waals surface area contributed by atoms with Gasteiger partial charge < -0.3 is 4.74 Å². The first kappa shape index (κ1) is 16.5. The zero-order valence-corrected chi connectivity index (χ0v) is 12.7. The van der Waals surface area contributed by atoms with Gasteiger partial charge in [-0.1, -0.05) is 26.2 Å². The second-order valence-corrected chi connectivity index (χ2v) is 6.01. The van der Waals surface area contributed by atoms with E-state index < -0.39 is 0 Å². The van der Waals surface area contributed by atoms with E-state index >= 15 is 0 Å². The molecule has 1 aliphatic rings. The molecule has 1 unspecified atom stereocenters. The highest BCUT2D eigenvalue weighted by molar-refractivity contribution is 5.03. The van der Waals surface area contributed by atoms with Gasteiger partial charge in [0.1, 0.15) is 5.54 Å². The molecule has 1 fully saturated rings. The smallest absolute Gasteiger partial charge is 0.103 e. The number of nitriles is 1. The lowest BCUT2D eigenvalue weighted by molar-refractivity contribution is 0.0818. The Morgan fingerprint density at radius 1 is 1.26 bits per heavy atom. The fraction of sp³-hybridized carbons (Fsp3) is 0.938. The van der Waals surface area contributed by atoms with E-state index in [9.17, 15) is 0 Å². The van der Waals surface area contributed by atoms with Crippen molar-refractivity contribution in [3.8, 4) is 6.07 Å². The molecule has 0 aromatic heterocycles.